The highest BCUT2D eigenvalue weighted by Crippen LogP contribution is 2.19. The van der Waals surface area contributed by atoms with Crippen LogP contribution in [0.25, 0.3) is 0 Å². The van der Waals surface area contributed by atoms with Crippen LogP contribution in [0, 0.1) is 11.3 Å². The molecule has 0 radical (unpaired) electrons. The van der Waals surface area contributed by atoms with Crippen LogP contribution in [0.2, 0.25) is 0 Å². The molecule has 2 amide bonds. The number of nitrogens with zero attached hydrogens (tertiary/aromatic N) is 1. The van der Waals surface area contributed by atoms with Gasteiger partial charge in [0.05, 0.1) is 6.54 Å². The summed E-state index contributed by atoms with van der Waals surface area (Å²) in [4.78, 5) is 25.6. The van der Waals surface area contributed by atoms with Gasteiger partial charge in [-0.05, 0) is 18.8 Å². The van der Waals surface area contributed by atoms with Crippen molar-refractivity contribution in [1.29, 1.82) is 0 Å². The monoisotopic (exact) mass is 254 g/mol. The Morgan fingerprint density at radius 3 is 2.56 bits per heavy atom. The second-order valence-corrected chi connectivity index (χ2v) is 6.19. The number of hydrogen-bond donors (Lipinski definition) is 1. The van der Waals surface area contributed by atoms with Gasteiger partial charge in [0.2, 0.25) is 11.8 Å². The van der Waals surface area contributed by atoms with Crippen molar-refractivity contribution in [3.05, 3.63) is 0 Å². The zero-order valence-corrected chi connectivity index (χ0v) is 12.1. The van der Waals surface area contributed by atoms with Gasteiger partial charge in [0.15, 0.2) is 0 Å². The van der Waals surface area contributed by atoms with Crippen LogP contribution in [-0.2, 0) is 9.59 Å². The van der Waals surface area contributed by atoms with Gasteiger partial charge in [-0.3, -0.25) is 9.59 Å². The van der Waals surface area contributed by atoms with Gasteiger partial charge in [0.25, 0.3) is 0 Å². The average molecular weight is 254 g/mol. The van der Waals surface area contributed by atoms with E-state index in [0.717, 1.165) is 25.9 Å². The average Bonchev–Trinajstić information content (AvgIpc) is 2.34. The maximum atomic E-state index is 12.0. The van der Waals surface area contributed by atoms with Crippen molar-refractivity contribution in [3.8, 4) is 0 Å². The summed E-state index contributed by atoms with van der Waals surface area (Å²) < 4.78 is 0. The van der Waals surface area contributed by atoms with Crippen LogP contribution < -0.4 is 5.32 Å². The minimum Gasteiger partial charge on any atom is -0.347 e. The lowest BCUT2D eigenvalue weighted by Crippen LogP contribution is -2.46. The SMILES string of the molecule is CC[C@@H]1CCCN(C(=O)CNC(=O)C(C)(C)C)C1. The van der Waals surface area contributed by atoms with E-state index in [0.29, 0.717) is 5.92 Å². The second kappa shape index (κ2) is 6.21. The van der Waals surface area contributed by atoms with E-state index in [9.17, 15) is 9.59 Å². The van der Waals surface area contributed by atoms with Crippen molar-refractivity contribution >= 4 is 11.8 Å². The zero-order chi connectivity index (χ0) is 13.8. The molecule has 4 nitrogen and oxygen atoms in total. The largest absolute Gasteiger partial charge is 0.347 e. The standard InChI is InChI=1S/C14H26N2O2/c1-5-11-7-6-8-16(10-11)12(17)9-15-13(18)14(2,3)4/h11H,5-10H2,1-4H3,(H,15,18)/t11-/m1/s1. The van der Waals surface area contributed by atoms with Gasteiger partial charge in [-0.2, -0.15) is 0 Å². The summed E-state index contributed by atoms with van der Waals surface area (Å²) in [5, 5.41) is 2.72. The van der Waals surface area contributed by atoms with Crippen molar-refractivity contribution in [2.45, 2.75) is 47.0 Å². The summed E-state index contributed by atoms with van der Waals surface area (Å²) in [5.74, 6) is 0.603. The van der Waals surface area contributed by atoms with Gasteiger partial charge < -0.3 is 10.2 Å². The molecule has 1 atom stereocenters. The molecule has 0 unspecified atom stereocenters. The van der Waals surface area contributed by atoms with Gasteiger partial charge in [-0.25, -0.2) is 0 Å². The minimum absolute atomic E-state index is 0.0470. The third-order valence-corrected chi connectivity index (χ3v) is 3.53. The first kappa shape index (κ1) is 15.0. The highest BCUT2D eigenvalue weighted by atomic mass is 16.2. The molecule has 0 spiro atoms. The van der Waals surface area contributed by atoms with E-state index in [4.69, 9.17) is 0 Å². The fourth-order valence-electron chi connectivity index (χ4n) is 2.16. The van der Waals surface area contributed by atoms with Gasteiger partial charge in [0, 0.05) is 18.5 Å². The first-order valence-electron chi connectivity index (χ1n) is 6.90. The molecule has 0 aliphatic carbocycles. The first-order chi connectivity index (χ1) is 8.34. The highest BCUT2D eigenvalue weighted by molar-refractivity contribution is 5.87. The van der Waals surface area contributed by atoms with Crippen LogP contribution >= 0.6 is 0 Å². The van der Waals surface area contributed by atoms with Crippen LogP contribution in [0.5, 0.6) is 0 Å². The number of rotatable bonds is 3. The minimum atomic E-state index is -0.436. The number of likely N-dealkylation sites (tertiary alicyclic amines) is 1. The molecule has 1 saturated heterocycles. The number of amides is 2. The lowest BCUT2D eigenvalue weighted by atomic mass is 9.95. The second-order valence-electron chi connectivity index (χ2n) is 6.19. The number of piperidine rings is 1. The summed E-state index contributed by atoms with van der Waals surface area (Å²) in [6.07, 6.45) is 3.42. The van der Waals surface area contributed by atoms with E-state index in [1.54, 1.807) is 0 Å². The third-order valence-electron chi connectivity index (χ3n) is 3.53. The van der Waals surface area contributed by atoms with Crippen molar-refractivity contribution in [1.82, 2.24) is 10.2 Å². The molecule has 1 aliphatic rings. The summed E-state index contributed by atoms with van der Waals surface area (Å²) in [6.45, 7) is 9.52. The molecule has 1 fully saturated rings. The van der Waals surface area contributed by atoms with E-state index in [-0.39, 0.29) is 18.4 Å². The van der Waals surface area contributed by atoms with E-state index in [2.05, 4.69) is 12.2 Å². The first-order valence-corrected chi connectivity index (χ1v) is 6.90. The zero-order valence-electron chi connectivity index (χ0n) is 12.1. The van der Waals surface area contributed by atoms with E-state index < -0.39 is 5.41 Å². The Bertz CT molecular complexity index is 307. The molecule has 18 heavy (non-hydrogen) atoms. The predicted octanol–water partition coefficient (Wildman–Crippen LogP) is 1.80. The van der Waals surface area contributed by atoms with Crippen molar-refractivity contribution < 1.29 is 9.59 Å². The molecule has 4 heteroatoms. The molecule has 0 aromatic rings. The van der Waals surface area contributed by atoms with Crippen molar-refractivity contribution in [3.63, 3.8) is 0 Å². The van der Waals surface area contributed by atoms with Gasteiger partial charge >= 0.3 is 0 Å². The molecular weight excluding hydrogens is 228 g/mol. The molecule has 0 bridgehead atoms. The number of nitrogens with one attached hydrogen (secondary N) is 1. The van der Waals surface area contributed by atoms with E-state index in [1.807, 2.05) is 25.7 Å². The van der Waals surface area contributed by atoms with E-state index in [1.165, 1.54) is 6.42 Å². The maximum absolute atomic E-state index is 12.0. The number of carbonyl (C=O) groups is 2. The highest BCUT2D eigenvalue weighted by Gasteiger charge is 2.25. The van der Waals surface area contributed by atoms with Gasteiger partial charge in [0.1, 0.15) is 0 Å². The van der Waals surface area contributed by atoms with Gasteiger partial charge in [-0.1, -0.05) is 34.1 Å². The lowest BCUT2D eigenvalue weighted by molar-refractivity contribution is -0.136. The van der Waals surface area contributed by atoms with E-state index >= 15 is 0 Å². The fourth-order valence-corrected chi connectivity index (χ4v) is 2.16. The Balaban J connectivity index is 2.39. The van der Waals surface area contributed by atoms with Crippen molar-refractivity contribution in [2.75, 3.05) is 19.6 Å². The Labute approximate surface area is 110 Å². The normalized spacial score (nSPS) is 20.7. The molecule has 0 aromatic heterocycles. The van der Waals surface area contributed by atoms with Crippen LogP contribution in [0.1, 0.15) is 47.0 Å². The summed E-state index contributed by atoms with van der Waals surface area (Å²) in [5.41, 5.74) is -0.436. The number of hydrogen-bond acceptors (Lipinski definition) is 2. The predicted molar refractivity (Wildman–Crippen MR) is 72.1 cm³/mol. The Morgan fingerprint density at radius 1 is 1.33 bits per heavy atom. The lowest BCUT2D eigenvalue weighted by Gasteiger charge is -2.32. The molecule has 0 saturated carbocycles. The van der Waals surface area contributed by atoms with Crippen LogP contribution in [0.15, 0.2) is 0 Å². The Hall–Kier alpha value is -1.06. The maximum Gasteiger partial charge on any atom is 0.241 e. The molecule has 0 aromatic carbocycles. The molecular formula is C14H26N2O2. The molecule has 1 aliphatic heterocycles. The number of carbonyl (C=O) groups excluding carboxylic acids is 2. The summed E-state index contributed by atoms with van der Waals surface area (Å²) in [7, 11) is 0. The van der Waals surface area contributed by atoms with Crippen LogP contribution in [0.4, 0.5) is 0 Å². The van der Waals surface area contributed by atoms with Gasteiger partial charge in [-0.15, -0.1) is 0 Å². The molecule has 1 rings (SSSR count). The molecule has 1 N–H and O–H groups in total. The summed E-state index contributed by atoms with van der Waals surface area (Å²) in [6, 6.07) is 0. The smallest absolute Gasteiger partial charge is 0.241 e. The fraction of sp³-hybridized carbons (Fsp3) is 0.857. The quantitative estimate of drug-likeness (QED) is 0.835. The Kier molecular flexibility index (Phi) is 5.17. The van der Waals surface area contributed by atoms with Crippen LogP contribution in [-0.4, -0.2) is 36.3 Å². The van der Waals surface area contributed by atoms with Crippen LogP contribution in [0.3, 0.4) is 0 Å². The topological polar surface area (TPSA) is 49.4 Å². The van der Waals surface area contributed by atoms with Crippen molar-refractivity contribution in [2.24, 2.45) is 11.3 Å². The summed E-state index contributed by atoms with van der Waals surface area (Å²) >= 11 is 0. The Morgan fingerprint density at radius 2 is 2.00 bits per heavy atom. The molecule has 104 valence electrons. The molecule has 1 heterocycles. The third kappa shape index (κ3) is 4.31.